The van der Waals surface area contributed by atoms with E-state index in [1.807, 2.05) is 0 Å². The molecule has 0 radical (unpaired) electrons. The summed E-state index contributed by atoms with van der Waals surface area (Å²) in [6.45, 7) is 0.0210. The van der Waals surface area contributed by atoms with Crippen LogP contribution >= 0.6 is 0 Å². The van der Waals surface area contributed by atoms with Gasteiger partial charge in [0, 0.05) is 11.6 Å². The van der Waals surface area contributed by atoms with Gasteiger partial charge in [-0.15, -0.1) is 0 Å². The minimum Gasteiger partial charge on any atom is -0.454 e. The molecule has 0 atom stereocenters. The fourth-order valence-corrected chi connectivity index (χ4v) is 2.39. The summed E-state index contributed by atoms with van der Waals surface area (Å²) in [5.41, 5.74) is 1.37. The van der Waals surface area contributed by atoms with Crippen LogP contribution in [0.25, 0.3) is 17.5 Å². The van der Waals surface area contributed by atoms with Crippen LogP contribution in [0.1, 0.15) is 11.5 Å². The third kappa shape index (κ3) is 3.95. The molecule has 0 bridgehead atoms. The van der Waals surface area contributed by atoms with Crippen LogP contribution in [-0.4, -0.2) is 22.9 Å². The van der Waals surface area contributed by atoms with Crippen molar-refractivity contribution in [3.8, 4) is 22.9 Å². The maximum Gasteiger partial charge on any atom is 0.331 e. The third-order valence-corrected chi connectivity index (χ3v) is 3.72. The molecule has 0 fully saturated rings. The van der Waals surface area contributed by atoms with Crippen molar-refractivity contribution in [2.75, 3.05) is 6.79 Å². The SMILES string of the molecule is O=C(/C=C/c1ccc2c(c1)OCO2)OCc1nc(-c2ccc(F)cc2)no1. The van der Waals surface area contributed by atoms with E-state index in [-0.39, 0.29) is 30.9 Å². The van der Waals surface area contributed by atoms with Crippen molar-refractivity contribution in [3.05, 3.63) is 65.8 Å². The lowest BCUT2D eigenvalue weighted by atomic mass is 10.2. The topological polar surface area (TPSA) is 83.7 Å². The number of carbonyl (C=O) groups excluding carboxylic acids is 1. The normalized spacial score (nSPS) is 12.5. The number of carbonyl (C=O) groups is 1. The van der Waals surface area contributed by atoms with Crippen molar-refractivity contribution >= 4 is 12.0 Å². The van der Waals surface area contributed by atoms with Gasteiger partial charge in [-0.05, 0) is 48.0 Å². The standard InChI is InChI=1S/C19H13FN2O5/c20-14-5-3-13(4-6-14)19-21-17(27-22-19)10-24-18(23)8-2-12-1-7-15-16(9-12)26-11-25-15/h1-9H,10-11H2/b8-2+. The molecule has 7 nitrogen and oxygen atoms in total. The van der Waals surface area contributed by atoms with E-state index in [4.69, 9.17) is 18.7 Å². The smallest absolute Gasteiger partial charge is 0.331 e. The van der Waals surface area contributed by atoms with Crippen LogP contribution < -0.4 is 9.47 Å². The first kappa shape index (κ1) is 16.8. The highest BCUT2D eigenvalue weighted by molar-refractivity contribution is 5.87. The number of rotatable bonds is 5. The quantitative estimate of drug-likeness (QED) is 0.504. The van der Waals surface area contributed by atoms with Gasteiger partial charge in [0.25, 0.3) is 5.89 Å². The average Bonchev–Trinajstić information content (AvgIpc) is 3.34. The van der Waals surface area contributed by atoms with Crippen LogP contribution in [0.4, 0.5) is 4.39 Å². The molecule has 0 spiro atoms. The van der Waals surface area contributed by atoms with E-state index in [2.05, 4.69) is 10.1 Å². The van der Waals surface area contributed by atoms with Gasteiger partial charge in [0.15, 0.2) is 18.1 Å². The van der Waals surface area contributed by atoms with Crippen molar-refractivity contribution in [2.45, 2.75) is 6.61 Å². The molecule has 1 aliphatic heterocycles. The summed E-state index contributed by atoms with van der Waals surface area (Å²) in [7, 11) is 0. The summed E-state index contributed by atoms with van der Waals surface area (Å²) in [4.78, 5) is 15.9. The Morgan fingerprint density at radius 1 is 1.15 bits per heavy atom. The summed E-state index contributed by atoms with van der Waals surface area (Å²) < 4.78 is 33.5. The molecule has 2 aromatic carbocycles. The molecule has 27 heavy (non-hydrogen) atoms. The molecule has 0 N–H and O–H groups in total. The van der Waals surface area contributed by atoms with E-state index in [0.717, 1.165) is 5.56 Å². The number of esters is 1. The molecule has 0 aliphatic carbocycles. The van der Waals surface area contributed by atoms with Gasteiger partial charge >= 0.3 is 5.97 Å². The summed E-state index contributed by atoms with van der Waals surface area (Å²) in [5.74, 6) is 0.809. The van der Waals surface area contributed by atoms with Gasteiger partial charge in [-0.25, -0.2) is 9.18 Å². The van der Waals surface area contributed by atoms with Gasteiger partial charge in [0.1, 0.15) is 5.82 Å². The Balaban J connectivity index is 1.33. The van der Waals surface area contributed by atoms with Gasteiger partial charge in [0.05, 0.1) is 0 Å². The Bertz CT molecular complexity index is 998. The molecule has 1 aliphatic rings. The number of benzene rings is 2. The fraction of sp³-hybridized carbons (Fsp3) is 0.105. The second-order valence-electron chi connectivity index (χ2n) is 5.57. The lowest BCUT2D eigenvalue weighted by Crippen LogP contribution is -2.01. The highest BCUT2D eigenvalue weighted by Gasteiger charge is 2.13. The molecule has 8 heteroatoms. The van der Waals surface area contributed by atoms with Gasteiger partial charge in [-0.3, -0.25) is 0 Å². The highest BCUT2D eigenvalue weighted by atomic mass is 19.1. The first-order valence-corrected chi connectivity index (χ1v) is 8.00. The molecule has 3 aromatic rings. The van der Waals surface area contributed by atoms with E-state index in [9.17, 15) is 9.18 Å². The number of fused-ring (bicyclic) bond motifs is 1. The summed E-state index contributed by atoms with van der Waals surface area (Å²) in [6, 6.07) is 11.0. The van der Waals surface area contributed by atoms with Crippen molar-refractivity contribution < 1.29 is 27.9 Å². The number of nitrogens with zero attached hydrogens (tertiary/aromatic N) is 2. The zero-order valence-electron chi connectivity index (χ0n) is 13.9. The van der Waals surface area contributed by atoms with E-state index >= 15 is 0 Å². The Morgan fingerprint density at radius 2 is 1.96 bits per heavy atom. The molecule has 0 saturated carbocycles. The molecule has 4 rings (SSSR count). The number of ether oxygens (including phenoxy) is 3. The molecule has 0 amide bonds. The van der Waals surface area contributed by atoms with E-state index < -0.39 is 5.97 Å². The first-order valence-electron chi connectivity index (χ1n) is 8.00. The molecule has 136 valence electrons. The van der Waals surface area contributed by atoms with Crippen molar-refractivity contribution in [2.24, 2.45) is 0 Å². The Hall–Kier alpha value is -3.68. The lowest BCUT2D eigenvalue weighted by Gasteiger charge is -1.98. The molecule has 0 saturated heterocycles. The predicted octanol–water partition coefficient (Wildman–Crippen LogP) is 3.36. The van der Waals surface area contributed by atoms with Crippen LogP contribution in [0, 0.1) is 5.82 Å². The second kappa shape index (κ2) is 7.28. The third-order valence-electron chi connectivity index (χ3n) is 3.72. The predicted molar refractivity (Wildman–Crippen MR) is 91.1 cm³/mol. The number of aromatic nitrogens is 2. The molecule has 0 unspecified atom stereocenters. The summed E-state index contributed by atoms with van der Waals surface area (Å²) in [5, 5.41) is 3.78. The molecular formula is C19H13FN2O5. The monoisotopic (exact) mass is 368 g/mol. The largest absolute Gasteiger partial charge is 0.454 e. The minimum atomic E-state index is -0.561. The van der Waals surface area contributed by atoms with Crippen LogP contribution in [0.5, 0.6) is 11.5 Å². The number of hydrogen-bond acceptors (Lipinski definition) is 7. The maximum atomic E-state index is 12.9. The lowest BCUT2D eigenvalue weighted by molar-refractivity contribution is -0.139. The number of halogens is 1. The molecule has 1 aromatic heterocycles. The zero-order chi connectivity index (χ0) is 18.6. The summed E-state index contributed by atoms with van der Waals surface area (Å²) in [6.07, 6.45) is 2.89. The summed E-state index contributed by atoms with van der Waals surface area (Å²) >= 11 is 0. The minimum absolute atomic E-state index is 0.138. The highest BCUT2D eigenvalue weighted by Crippen LogP contribution is 2.32. The van der Waals surface area contributed by atoms with E-state index in [1.165, 1.54) is 30.3 Å². The number of hydrogen-bond donors (Lipinski definition) is 0. The molecule has 2 heterocycles. The van der Waals surface area contributed by atoms with Crippen LogP contribution in [-0.2, 0) is 16.1 Å². The Kier molecular flexibility index (Phi) is 4.52. The van der Waals surface area contributed by atoms with Crippen LogP contribution in [0.15, 0.2) is 53.1 Å². The van der Waals surface area contributed by atoms with Crippen molar-refractivity contribution in [3.63, 3.8) is 0 Å². The Labute approximate surface area is 153 Å². The van der Waals surface area contributed by atoms with E-state index in [0.29, 0.717) is 17.1 Å². The Morgan fingerprint density at radius 3 is 2.81 bits per heavy atom. The maximum absolute atomic E-state index is 12.9. The van der Waals surface area contributed by atoms with E-state index in [1.54, 1.807) is 24.3 Å². The van der Waals surface area contributed by atoms with Gasteiger partial charge in [0.2, 0.25) is 12.6 Å². The average molecular weight is 368 g/mol. The molecular weight excluding hydrogens is 355 g/mol. The van der Waals surface area contributed by atoms with Crippen LogP contribution in [0.2, 0.25) is 0 Å². The first-order chi connectivity index (χ1) is 13.2. The van der Waals surface area contributed by atoms with Gasteiger partial charge < -0.3 is 18.7 Å². The zero-order valence-corrected chi connectivity index (χ0v) is 13.9. The second-order valence-corrected chi connectivity index (χ2v) is 5.57. The van der Waals surface area contributed by atoms with Gasteiger partial charge in [-0.1, -0.05) is 11.2 Å². The fourth-order valence-electron chi connectivity index (χ4n) is 2.39. The van der Waals surface area contributed by atoms with Crippen molar-refractivity contribution in [1.29, 1.82) is 0 Å². The van der Waals surface area contributed by atoms with Crippen LogP contribution in [0.3, 0.4) is 0 Å². The van der Waals surface area contributed by atoms with Crippen molar-refractivity contribution in [1.82, 2.24) is 10.1 Å². The van der Waals surface area contributed by atoms with Gasteiger partial charge in [-0.2, -0.15) is 4.98 Å².